The third kappa shape index (κ3) is 5.11. The monoisotopic (exact) mass is 410 g/mol. The number of benzene rings is 5. The van der Waals surface area contributed by atoms with E-state index in [0.717, 1.165) is 5.56 Å². The third-order valence-electron chi connectivity index (χ3n) is 5.34. The van der Waals surface area contributed by atoms with Crippen LogP contribution in [0.5, 0.6) is 0 Å². The highest BCUT2D eigenvalue weighted by Crippen LogP contribution is 2.35. The zero-order valence-electron chi connectivity index (χ0n) is 18.1. The summed E-state index contributed by atoms with van der Waals surface area (Å²) in [6.45, 7) is 3.95. The lowest BCUT2D eigenvalue weighted by Crippen LogP contribution is -1.88. The fraction of sp³-hybridized carbons (Fsp3) is 0. The van der Waals surface area contributed by atoms with Gasteiger partial charge in [-0.25, -0.2) is 0 Å². The average molecular weight is 411 g/mol. The van der Waals surface area contributed by atoms with Crippen molar-refractivity contribution >= 4 is 6.08 Å². The largest absolute Gasteiger partial charge is 0.0984 e. The van der Waals surface area contributed by atoms with Gasteiger partial charge in [0.05, 0.1) is 0 Å². The van der Waals surface area contributed by atoms with E-state index in [0.29, 0.717) is 0 Å². The Kier molecular flexibility index (Phi) is 7.08. The van der Waals surface area contributed by atoms with Crippen molar-refractivity contribution in [3.05, 3.63) is 152 Å². The number of hydrogen-bond acceptors (Lipinski definition) is 0. The lowest BCUT2D eigenvalue weighted by atomic mass is 9.90. The van der Waals surface area contributed by atoms with Gasteiger partial charge in [0, 0.05) is 0 Å². The van der Waals surface area contributed by atoms with Gasteiger partial charge in [0.15, 0.2) is 0 Å². The topological polar surface area (TPSA) is 0 Å². The smallest absolute Gasteiger partial charge is 0.00331 e. The summed E-state index contributed by atoms with van der Waals surface area (Å²) in [5.41, 5.74) is 8.66. The summed E-state index contributed by atoms with van der Waals surface area (Å²) < 4.78 is 0. The Bertz CT molecular complexity index is 1200. The molecule has 0 heteroatoms. The van der Waals surface area contributed by atoms with Gasteiger partial charge in [0.25, 0.3) is 0 Å². The predicted octanol–water partition coefficient (Wildman–Crippen LogP) is 9.02. The molecule has 0 saturated heterocycles. The van der Waals surface area contributed by atoms with Crippen molar-refractivity contribution in [2.45, 2.75) is 0 Å². The highest BCUT2D eigenvalue weighted by Gasteiger charge is 2.10. The maximum atomic E-state index is 3.95. The normalized spacial score (nSPS) is 10.0. The lowest BCUT2D eigenvalue weighted by molar-refractivity contribution is 1.56. The van der Waals surface area contributed by atoms with Gasteiger partial charge in [-0.1, -0.05) is 152 Å². The van der Waals surface area contributed by atoms with E-state index in [9.17, 15) is 0 Å². The second kappa shape index (κ2) is 10.7. The summed E-state index contributed by atoms with van der Waals surface area (Å²) >= 11 is 0. The second-order valence-corrected chi connectivity index (χ2v) is 7.44. The molecule has 0 amide bonds. The molecule has 0 spiro atoms. The highest BCUT2D eigenvalue weighted by molar-refractivity contribution is 5.89. The van der Waals surface area contributed by atoms with Crippen molar-refractivity contribution in [1.82, 2.24) is 0 Å². The predicted molar refractivity (Wildman–Crippen MR) is 139 cm³/mol. The highest BCUT2D eigenvalue weighted by atomic mass is 14.1. The van der Waals surface area contributed by atoms with Crippen LogP contribution >= 0.6 is 0 Å². The molecule has 0 atom stereocenters. The maximum absolute atomic E-state index is 3.95. The molecule has 5 rings (SSSR count). The third-order valence-corrected chi connectivity index (χ3v) is 5.34. The van der Waals surface area contributed by atoms with E-state index < -0.39 is 0 Å². The molecule has 5 aromatic carbocycles. The van der Waals surface area contributed by atoms with E-state index in [2.05, 4.69) is 122 Å². The van der Waals surface area contributed by atoms with Gasteiger partial charge in [-0.15, -0.1) is 0 Å². The number of rotatable bonds is 4. The van der Waals surface area contributed by atoms with Gasteiger partial charge in [0.2, 0.25) is 0 Å². The molecule has 0 N–H and O–H groups in total. The Morgan fingerprint density at radius 2 is 0.781 bits per heavy atom. The second-order valence-electron chi connectivity index (χ2n) is 7.44. The van der Waals surface area contributed by atoms with Gasteiger partial charge in [-0.2, -0.15) is 0 Å². The first-order valence-corrected chi connectivity index (χ1v) is 10.8. The van der Waals surface area contributed by atoms with Crippen LogP contribution in [0.15, 0.2) is 146 Å². The van der Waals surface area contributed by atoms with Gasteiger partial charge < -0.3 is 0 Å². The van der Waals surface area contributed by atoms with Crippen LogP contribution < -0.4 is 0 Å². The summed E-state index contributed by atoms with van der Waals surface area (Å²) in [6, 6.07) is 48.1. The molecule has 0 nitrogen and oxygen atoms in total. The summed E-state index contributed by atoms with van der Waals surface area (Å²) in [7, 11) is 0. The van der Waals surface area contributed by atoms with Crippen LogP contribution in [0.1, 0.15) is 5.56 Å². The first-order chi connectivity index (χ1) is 15.9. The molecule has 5 aromatic rings. The minimum absolute atomic E-state index is 1.16. The van der Waals surface area contributed by atoms with E-state index in [1.165, 1.54) is 33.4 Å². The van der Waals surface area contributed by atoms with Crippen LogP contribution in [0.4, 0.5) is 0 Å². The molecule has 0 aliphatic heterocycles. The Labute approximate surface area is 191 Å². The zero-order chi connectivity index (χ0) is 22.0. The van der Waals surface area contributed by atoms with Crippen LogP contribution in [0.2, 0.25) is 0 Å². The van der Waals surface area contributed by atoms with Gasteiger partial charge in [0.1, 0.15) is 0 Å². The first-order valence-electron chi connectivity index (χ1n) is 10.8. The molecule has 0 fully saturated rings. The molecule has 0 bridgehead atoms. The minimum atomic E-state index is 1.16. The summed E-state index contributed by atoms with van der Waals surface area (Å²) in [5, 5.41) is 0. The van der Waals surface area contributed by atoms with Crippen molar-refractivity contribution in [3.63, 3.8) is 0 Å². The summed E-state index contributed by atoms with van der Waals surface area (Å²) in [5.74, 6) is 0. The quantitative estimate of drug-likeness (QED) is 0.277. The molecule has 0 saturated carbocycles. The maximum Gasteiger partial charge on any atom is -0.00331 e. The molecule has 0 aliphatic rings. The van der Waals surface area contributed by atoms with Crippen LogP contribution in [-0.2, 0) is 0 Å². The summed E-state index contributed by atoms with van der Waals surface area (Å²) in [4.78, 5) is 0. The Balaban J connectivity index is 0.000000174. The fourth-order valence-electron chi connectivity index (χ4n) is 3.79. The van der Waals surface area contributed by atoms with Crippen LogP contribution in [0, 0.1) is 0 Å². The molecule has 0 heterocycles. The Morgan fingerprint density at radius 1 is 0.375 bits per heavy atom. The molecular formula is C32H26. The molecule has 0 radical (unpaired) electrons. The van der Waals surface area contributed by atoms with Crippen LogP contribution in [0.3, 0.4) is 0 Å². The Hall–Kier alpha value is -4.16. The average Bonchev–Trinajstić information content (AvgIpc) is 2.90. The van der Waals surface area contributed by atoms with E-state index in [4.69, 9.17) is 0 Å². The van der Waals surface area contributed by atoms with Gasteiger partial charge in [-0.05, 0) is 38.9 Å². The van der Waals surface area contributed by atoms with Crippen molar-refractivity contribution in [1.29, 1.82) is 0 Å². The SMILES string of the molecule is C=Cc1cccc(-c2ccccc2)c1-c1ccccc1.c1ccc(-c2ccccc2)cc1. The van der Waals surface area contributed by atoms with Crippen molar-refractivity contribution in [2.24, 2.45) is 0 Å². The molecule has 0 aliphatic carbocycles. The lowest BCUT2D eigenvalue weighted by Gasteiger charge is -2.13. The summed E-state index contributed by atoms with van der Waals surface area (Å²) in [6.07, 6.45) is 1.93. The first kappa shape index (κ1) is 21.1. The standard InChI is InChI=1S/C20H16.C12H10/c1-2-16-14-9-15-19(17-10-5-3-6-11-17)20(16)18-12-7-4-8-13-18;1-3-7-11(8-4-1)12-9-5-2-6-10-12/h2-15H,1H2;1-10H. The van der Waals surface area contributed by atoms with E-state index in [1.54, 1.807) is 0 Å². The van der Waals surface area contributed by atoms with Gasteiger partial charge >= 0.3 is 0 Å². The zero-order valence-corrected chi connectivity index (χ0v) is 18.1. The van der Waals surface area contributed by atoms with Gasteiger partial charge in [-0.3, -0.25) is 0 Å². The molecular weight excluding hydrogens is 384 g/mol. The molecule has 32 heavy (non-hydrogen) atoms. The minimum Gasteiger partial charge on any atom is -0.0984 e. The van der Waals surface area contributed by atoms with E-state index >= 15 is 0 Å². The van der Waals surface area contributed by atoms with Crippen molar-refractivity contribution < 1.29 is 0 Å². The fourth-order valence-corrected chi connectivity index (χ4v) is 3.79. The molecule has 0 aromatic heterocycles. The Morgan fingerprint density at radius 3 is 1.22 bits per heavy atom. The van der Waals surface area contributed by atoms with Crippen molar-refractivity contribution in [2.75, 3.05) is 0 Å². The van der Waals surface area contributed by atoms with Crippen LogP contribution in [-0.4, -0.2) is 0 Å². The number of hydrogen-bond donors (Lipinski definition) is 0. The van der Waals surface area contributed by atoms with Crippen LogP contribution in [0.25, 0.3) is 39.5 Å². The molecule has 154 valence electrons. The van der Waals surface area contributed by atoms with E-state index in [-0.39, 0.29) is 0 Å². The van der Waals surface area contributed by atoms with E-state index in [1.807, 2.05) is 30.3 Å². The van der Waals surface area contributed by atoms with Crippen molar-refractivity contribution in [3.8, 4) is 33.4 Å². The molecule has 0 unspecified atom stereocenters.